The van der Waals surface area contributed by atoms with E-state index in [4.69, 9.17) is 5.73 Å². The Morgan fingerprint density at radius 1 is 1.44 bits per heavy atom. The molecule has 0 saturated heterocycles. The summed E-state index contributed by atoms with van der Waals surface area (Å²) >= 11 is 3.21. The van der Waals surface area contributed by atoms with Crippen LogP contribution in [0.2, 0.25) is 0 Å². The average Bonchev–Trinajstić information content (AvgIpc) is 2.26. The normalized spacial score (nSPS) is 23.7. The fourth-order valence-electron chi connectivity index (χ4n) is 2.03. The second-order valence-electron chi connectivity index (χ2n) is 4.88. The van der Waals surface area contributed by atoms with Gasteiger partial charge in [0.15, 0.2) is 5.96 Å². The van der Waals surface area contributed by atoms with Crippen LogP contribution < -0.4 is 5.73 Å². The van der Waals surface area contributed by atoms with E-state index in [1.165, 1.54) is 6.07 Å². The SMILES string of the molecule is CN(C)C(N)=NC1CC(c2ccc(F)c(Br)c2)C1. The molecule has 2 rings (SSSR count). The Morgan fingerprint density at radius 2 is 2.11 bits per heavy atom. The minimum Gasteiger partial charge on any atom is -0.370 e. The van der Waals surface area contributed by atoms with Crippen molar-refractivity contribution in [1.29, 1.82) is 0 Å². The lowest BCUT2D eigenvalue weighted by atomic mass is 9.76. The number of aliphatic imine (C=N–C) groups is 1. The topological polar surface area (TPSA) is 41.6 Å². The van der Waals surface area contributed by atoms with E-state index in [9.17, 15) is 4.39 Å². The Morgan fingerprint density at radius 3 is 2.67 bits per heavy atom. The molecule has 2 N–H and O–H groups in total. The van der Waals surface area contributed by atoms with Crippen LogP contribution in [-0.4, -0.2) is 31.0 Å². The Balaban J connectivity index is 1.96. The lowest BCUT2D eigenvalue weighted by Crippen LogP contribution is -2.35. The molecule has 98 valence electrons. The van der Waals surface area contributed by atoms with Crippen LogP contribution in [0.15, 0.2) is 27.7 Å². The molecule has 0 unspecified atom stereocenters. The van der Waals surface area contributed by atoms with Crippen molar-refractivity contribution in [2.24, 2.45) is 10.7 Å². The molecule has 0 heterocycles. The van der Waals surface area contributed by atoms with Gasteiger partial charge in [-0.1, -0.05) is 6.07 Å². The van der Waals surface area contributed by atoms with Crippen LogP contribution >= 0.6 is 15.9 Å². The summed E-state index contributed by atoms with van der Waals surface area (Å²) in [6, 6.07) is 5.50. The van der Waals surface area contributed by atoms with Crippen molar-refractivity contribution < 1.29 is 4.39 Å². The molecule has 5 heteroatoms. The summed E-state index contributed by atoms with van der Waals surface area (Å²) in [4.78, 5) is 6.24. The maximum Gasteiger partial charge on any atom is 0.190 e. The molecule has 0 atom stereocenters. The quantitative estimate of drug-likeness (QED) is 0.674. The minimum absolute atomic E-state index is 0.218. The fourth-order valence-corrected chi connectivity index (χ4v) is 2.43. The highest BCUT2D eigenvalue weighted by Gasteiger charge is 2.30. The molecule has 1 saturated carbocycles. The maximum absolute atomic E-state index is 13.1. The summed E-state index contributed by atoms with van der Waals surface area (Å²) in [6.45, 7) is 0. The number of hydrogen-bond donors (Lipinski definition) is 1. The van der Waals surface area contributed by atoms with E-state index in [1.807, 2.05) is 31.1 Å². The van der Waals surface area contributed by atoms with Gasteiger partial charge in [-0.25, -0.2) is 9.38 Å². The fraction of sp³-hybridized carbons (Fsp3) is 0.462. The largest absolute Gasteiger partial charge is 0.370 e. The number of nitrogens with zero attached hydrogens (tertiary/aromatic N) is 2. The van der Waals surface area contributed by atoms with Gasteiger partial charge in [0.05, 0.1) is 10.5 Å². The highest BCUT2D eigenvalue weighted by Crippen LogP contribution is 2.39. The molecule has 0 bridgehead atoms. The lowest BCUT2D eigenvalue weighted by molar-refractivity contribution is 0.349. The van der Waals surface area contributed by atoms with Crippen LogP contribution in [0.4, 0.5) is 4.39 Å². The van der Waals surface area contributed by atoms with Gasteiger partial charge in [-0.3, -0.25) is 0 Å². The van der Waals surface area contributed by atoms with Crippen molar-refractivity contribution in [1.82, 2.24) is 4.90 Å². The Bertz CT molecular complexity index is 467. The number of halogens is 2. The Hall–Kier alpha value is -1.10. The van der Waals surface area contributed by atoms with Gasteiger partial charge < -0.3 is 10.6 Å². The molecular weight excluding hydrogens is 297 g/mol. The van der Waals surface area contributed by atoms with Gasteiger partial charge in [-0.15, -0.1) is 0 Å². The van der Waals surface area contributed by atoms with E-state index >= 15 is 0 Å². The monoisotopic (exact) mass is 313 g/mol. The van der Waals surface area contributed by atoms with Crippen molar-refractivity contribution in [3.63, 3.8) is 0 Å². The summed E-state index contributed by atoms with van der Waals surface area (Å²) in [5.74, 6) is 0.814. The van der Waals surface area contributed by atoms with Crippen LogP contribution in [-0.2, 0) is 0 Å². The number of benzene rings is 1. The number of rotatable bonds is 2. The third kappa shape index (κ3) is 2.83. The van der Waals surface area contributed by atoms with Crippen LogP contribution in [0.3, 0.4) is 0 Å². The van der Waals surface area contributed by atoms with Gasteiger partial charge in [0.1, 0.15) is 5.82 Å². The molecule has 1 aromatic carbocycles. The van der Waals surface area contributed by atoms with E-state index in [0.29, 0.717) is 22.4 Å². The third-order valence-corrected chi connectivity index (χ3v) is 3.91. The van der Waals surface area contributed by atoms with Gasteiger partial charge in [0.25, 0.3) is 0 Å². The molecular formula is C13H17BrFN3. The predicted octanol–water partition coefficient (Wildman–Crippen LogP) is 2.71. The van der Waals surface area contributed by atoms with Crippen molar-refractivity contribution in [3.05, 3.63) is 34.1 Å². The van der Waals surface area contributed by atoms with Crippen LogP contribution in [0.1, 0.15) is 24.3 Å². The van der Waals surface area contributed by atoms with Crippen molar-refractivity contribution >= 4 is 21.9 Å². The van der Waals surface area contributed by atoms with E-state index < -0.39 is 0 Å². The van der Waals surface area contributed by atoms with Gasteiger partial charge >= 0.3 is 0 Å². The van der Waals surface area contributed by atoms with Crippen LogP contribution in [0.5, 0.6) is 0 Å². The number of nitrogens with two attached hydrogens (primary N) is 1. The third-order valence-electron chi connectivity index (χ3n) is 3.30. The maximum atomic E-state index is 13.1. The molecule has 0 amide bonds. The van der Waals surface area contributed by atoms with E-state index in [0.717, 1.165) is 18.4 Å². The van der Waals surface area contributed by atoms with Gasteiger partial charge in [0, 0.05) is 14.1 Å². The van der Waals surface area contributed by atoms with Gasteiger partial charge in [0.2, 0.25) is 0 Å². The van der Waals surface area contributed by atoms with E-state index in [2.05, 4.69) is 20.9 Å². The first-order valence-electron chi connectivity index (χ1n) is 5.93. The Labute approximate surface area is 115 Å². The Kier molecular flexibility index (Phi) is 3.90. The molecule has 1 fully saturated rings. The van der Waals surface area contributed by atoms with Crippen molar-refractivity contribution in [3.8, 4) is 0 Å². The van der Waals surface area contributed by atoms with E-state index in [-0.39, 0.29) is 5.82 Å². The first-order chi connectivity index (χ1) is 8.47. The van der Waals surface area contributed by atoms with Gasteiger partial charge in [-0.05, 0) is 52.4 Å². The number of hydrogen-bond acceptors (Lipinski definition) is 1. The van der Waals surface area contributed by atoms with Crippen LogP contribution in [0, 0.1) is 5.82 Å². The lowest BCUT2D eigenvalue weighted by Gasteiger charge is -2.33. The first kappa shape index (κ1) is 13.3. The molecule has 0 aromatic heterocycles. The summed E-state index contributed by atoms with van der Waals surface area (Å²) in [7, 11) is 3.76. The summed E-state index contributed by atoms with van der Waals surface area (Å²) < 4.78 is 13.7. The second-order valence-corrected chi connectivity index (χ2v) is 5.73. The molecule has 0 aliphatic heterocycles. The zero-order valence-corrected chi connectivity index (χ0v) is 12.1. The zero-order valence-electron chi connectivity index (χ0n) is 10.5. The van der Waals surface area contributed by atoms with Crippen molar-refractivity contribution in [2.45, 2.75) is 24.8 Å². The average molecular weight is 314 g/mol. The zero-order chi connectivity index (χ0) is 13.3. The number of guanidine groups is 1. The highest BCUT2D eigenvalue weighted by atomic mass is 79.9. The van der Waals surface area contributed by atoms with Gasteiger partial charge in [-0.2, -0.15) is 0 Å². The molecule has 3 nitrogen and oxygen atoms in total. The summed E-state index contributed by atoms with van der Waals surface area (Å²) in [5, 5.41) is 0. The molecule has 1 aromatic rings. The molecule has 1 aliphatic rings. The highest BCUT2D eigenvalue weighted by molar-refractivity contribution is 9.10. The predicted molar refractivity (Wildman–Crippen MR) is 75.2 cm³/mol. The molecule has 0 radical (unpaired) electrons. The smallest absolute Gasteiger partial charge is 0.190 e. The molecule has 18 heavy (non-hydrogen) atoms. The van der Waals surface area contributed by atoms with E-state index in [1.54, 1.807) is 0 Å². The van der Waals surface area contributed by atoms with Crippen molar-refractivity contribution in [2.75, 3.05) is 14.1 Å². The summed E-state index contributed by atoms with van der Waals surface area (Å²) in [6.07, 6.45) is 1.96. The standard InChI is InChI=1S/C13H17BrFN3/c1-18(2)13(16)17-10-5-9(6-10)8-3-4-12(15)11(14)7-8/h3-4,7,9-10H,5-6H2,1-2H3,(H2,16,17). The summed E-state index contributed by atoms with van der Waals surface area (Å²) in [5.41, 5.74) is 6.94. The molecule has 1 aliphatic carbocycles. The molecule has 0 spiro atoms. The van der Waals surface area contributed by atoms with Crippen LogP contribution in [0.25, 0.3) is 0 Å². The first-order valence-corrected chi connectivity index (χ1v) is 6.72. The minimum atomic E-state index is -0.218. The second kappa shape index (κ2) is 5.26.